The van der Waals surface area contributed by atoms with Crippen molar-refractivity contribution in [3.8, 4) is 11.1 Å². The Bertz CT molecular complexity index is 1760. The molecular weight excluding hydrogens is 644 g/mol. The summed E-state index contributed by atoms with van der Waals surface area (Å²) in [5.41, 5.74) is 1.53. The standard InChI is InChI=1S/C36H44F4N4O5/c1-19(2)13-28(42-33(47)25-9-10-29(36(38,39)40)44(35(25)49)12-11-43(7)8)34(48)41-27(18-30(45)46)26-17-24(16-23(6)32(26)37)31-21(4)14-20(3)15-22(31)5/h9-10,14-17,19,27-28H,11-13,18H2,1-8H3,(H,41,48)(H,42,47)(H,45,46)/t27-,28-/m0/s1. The third-order valence-electron chi connectivity index (χ3n) is 8.13. The summed E-state index contributed by atoms with van der Waals surface area (Å²) in [5, 5.41) is 14.8. The molecule has 9 nitrogen and oxygen atoms in total. The molecule has 2 atom stereocenters. The van der Waals surface area contributed by atoms with Crippen LogP contribution in [0.5, 0.6) is 0 Å². The number of hydrogen-bond donors (Lipinski definition) is 3. The van der Waals surface area contributed by atoms with E-state index in [1.807, 2.05) is 32.9 Å². The first-order valence-corrected chi connectivity index (χ1v) is 15.9. The van der Waals surface area contributed by atoms with Gasteiger partial charge in [0, 0.05) is 18.7 Å². The molecule has 1 heterocycles. The fraction of sp³-hybridized carbons (Fsp3) is 0.444. The van der Waals surface area contributed by atoms with Gasteiger partial charge in [-0.2, -0.15) is 13.2 Å². The van der Waals surface area contributed by atoms with Crippen molar-refractivity contribution in [1.29, 1.82) is 0 Å². The van der Waals surface area contributed by atoms with Crippen LogP contribution < -0.4 is 16.2 Å². The summed E-state index contributed by atoms with van der Waals surface area (Å²) in [6.07, 6.45) is -5.52. The van der Waals surface area contributed by atoms with E-state index in [2.05, 4.69) is 10.6 Å². The molecule has 0 aliphatic carbocycles. The molecule has 0 spiro atoms. The highest BCUT2D eigenvalue weighted by atomic mass is 19.4. The van der Waals surface area contributed by atoms with E-state index in [9.17, 15) is 37.5 Å². The molecule has 0 saturated carbocycles. The van der Waals surface area contributed by atoms with Crippen LogP contribution in [0.2, 0.25) is 0 Å². The Morgan fingerprint density at radius 2 is 1.55 bits per heavy atom. The van der Waals surface area contributed by atoms with Crippen molar-refractivity contribution in [2.75, 3.05) is 20.6 Å². The third-order valence-corrected chi connectivity index (χ3v) is 8.13. The zero-order valence-electron chi connectivity index (χ0n) is 29.0. The molecule has 0 fully saturated rings. The summed E-state index contributed by atoms with van der Waals surface area (Å²) in [7, 11) is 3.24. The van der Waals surface area contributed by atoms with Gasteiger partial charge in [0.1, 0.15) is 23.1 Å². The lowest BCUT2D eigenvalue weighted by Gasteiger charge is -2.25. The molecule has 266 valence electrons. The van der Waals surface area contributed by atoms with Gasteiger partial charge in [-0.25, -0.2) is 4.39 Å². The highest BCUT2D eigenvalue weighted by Crippen LogP contribution is 2.34. The van der Waals surface area contributed by atoms with E-state index in [0.717, 1.165) is 28.3 Å². The number of pyridine rings is 1. The molecule has 0 bridgehead atoms. The number of aromatic nitrogens is 1. The second-order valence-corrected chi connectivity index (χ2v) is 13.2. The number of carbonyl (C=O) groups is 3. The topological polar surface area (TPSA) is 121 Å². The number of nitrogens with zero attached hydrogens (tertiary/aromatic N) is 2. The lowest BCUT2D eigenvalue weighted by atomic mass is 9.89. The molecule has 0 aliphatic heterocycles. The van der Waals surface area contributed by atoms with E-state index in [-0.39, 0.29) is 36.6 Å². The first-order chi connectivity index (χ1) is 22.7. The van der Waals surface area contributed by atoms with Gasteiger partial charge < -0.3 is 25.2 Å². The fourth-order valence-electron chi connectivity index (χ4n) is 5.98. The zero-order valence-corrected chi connectivity index (χ0v) is 29.0. The number of benzene rings is 2. The monoisotopic (exact) mass is 688 g/mol. The van der Waals surface area contributed by atoms with Crippen LogP contribution in [0.15, 0.2) is 41.2 Å². The first-order valence-electron chi connectivity index (χ1n) is 15.9. The molecular formula is C36H44F4N4O5. The van der Waals surface area contributed by atoms with Crippen LogP contribution in [0.4, 0.5) is 17.6 Å². The van der Waals surface area contributed by atoms with E-state index >= 15 is 4.39 Å². The zero-order chi connectivity index (χ0) is 37.0. The minimum atomic E-state index is -4.86. The van der Waals surface area contributed by atoms with Crippen LogP contribution in [0.3, 0.4) is 0 Å². The SMILES string of the molecule is Cc1cc(C)c(-c2cc(C)c(F)c([C@H](CC(=O)O)NC(=O)[C@H](CC(C)C)NC(=O)c3ccc(C(F)(F)F)n(CCN(C)C)c3=O)c2)c(C)c1. The number of carbonyl (C=O) groups excluding carboxylic acids is 2. The second kappa shape index (κ2) is 15.8. The molecule has 49 heavy (non-hydrogen) atoms. The number of hydrogen-bond acceptors (Lipinski definition) is 5. The van der Waals surface area contributed by atoms with Gasteiger partial charge in [0.15, 0.2) is 0 Å². The minimum Gasteiger partial charge on any atom is -0.481 e. The van der Waals surface area contributed by atoms with Crippen molar-refractivity contribution in [3.05, 3.63) is 91.6 Å². The van der Waals surface area contributed by atoms with Gasteiger partial charge in [0.05, 0.1) is 12.5 Å². The van der Waals surface area contributed by atoms with Gasteiger partial charge in [-0.15, -0.1) is 0 Å². The van der Waals surface area contributed by atoms with Gasteiger partial charge in [-0.1, -0.05) is 31.5 Å². The Hall–Kier alpha value is -4.52. The molecule has 0 unspecified atom stereocenters. The summed E-state index contributed by atoms with van der Waals surface area (Å²) in [4.78, 5) is 53.9. The Morgan fingerprint density at radius 1 is 0.939 bits per heavy atom. The molecule has 3 aromatic rings. The second-order valence-electron chi connectivity index (χ2n) is 13.2. The van der Waals surface area contributed by atoms with Crippen LogP contribution in [-0.4, -0.2) is 59.0 Å². The summed E-state index contributed by atoms with van der Waals surface area (Å²) < 4.78 is 57.4. The van der Waals surface area contributed by atoms with Gasteiger partial charge >= 0.3 is 12.1 Å². The molecule has 13 heteroatoms. The predicted molar refractivity (Wildman–Crippen MR) is 179 cm³/mol. The predicted octanol–water partition coefficient (Wildman–Crippen LogP) is 5.95. The highest BCUT2D eigenvalue weighted by Gasteiger charge is 2.36. The van der Waals surface area contributed by atoms with Crippen molar-refractivity contribution in [3.63, 3.8) is 0 Å². The van der Waals surface area contributed by atoms with Gasteiger partial charge in [0.25, 0.3) is 11.5 Å². The van der Waals surface area contributed by atoms with Crippen molar-refractivity contribution >= 4 is 17.8 Å². The van der Waals surface area contributed by atoms with Crippen molar-refractivity contribution in [1.82, 2.24) is 20.1 Å². The number of carboxylic acids is 1. The lowest BCUT2D eigenvalue weighted by Crippen LogP contribution is -2.50. The maximum atomic E-state index is 15.7. The van der Waals surface area contributed by atoms with E-state index in [1.165, 1.54) is 13.0 Å². The Kier molecular flexibility index (Phi) is 12.5. The molecule has 3 rings (SSSR count). The molecule has 0 saturated heterocycles. The van der Waals surface area contributed by atoms with E-state index in [0.29, 0.717) is 16.2 Å². The Morgan fingerprint density at radius 3 is 2.08 bits per heavy atom. The summed E-state index contributed by atoms with van der Waals surface area (Å²) in [5.74, 6) is -4.15. The Balaban J connectivity index is 2.02. The van der Waals surface area contributed by atoms with Crippen LogP contribution >= 0.6 is 0 Å². The van der Waals surface area contributed by atoms with Crippen molar-refractivity contribution < 1.29 is 37.1 Å². The summed E-state index contributed by atoms with van der Waals surface area (Å²) >= 11 is 0. The largest absolute Gasteiger partial charge is 0.481 e. The molecule has 0 radical (unpaired) electrons. The van der Waals surface area contributed by atoms with Crippen molar-refractivity contribution in [2.45, 2.75) is 79.2 Å². The molecule has 3 N–H and O–H groups in total. The maximum absolute atomic E-state index is 15.7. The highest BCUT2D eigenvalue weighted by molar-refractivity contribution is 5.97. The minimum absolute atomic E-state index is 0.0239. The summed E-state index contributed by atoms with van der Waals surface area (Å²) in [6.45, 7) is 10.6. The number of alkyl halides is 3. The van der Waals surface area contributed by atoms with E-state index in [4.69, 9.17) is 0 Å². The third kappa shape index (κ3) is 9.78. The number of halogens is 4. The molecule has 0 aliphatic rings. The van der Waals surface area contributed by atoms with E-state index < -0.39 is 65.1 Å². The quantitative estimate of drug-likeness (QED) is 0.191. The number of aliphatic carboxylic acids is 1. The van der Waals surface area contributed by atoms with Gasteiger partial charge in [-0.3, -0.25) is 19.2 Å². The average molecular weight is 689 g/mol. The van der Waals surface area contributed by atoms with Crippen LogP contribution in [0.25, 0.3) is 11.1 Å². The number of amides is 2. The van der Waals surface area contributed by atoms with Gasteiger partial charge in [0.2, 0.25) is 5.91 Å². The smallest absolute Gasteiger partial charge is 0.431 e. The number of nitrogens with one attached hydrogen (secondary N) is 2. The Labute approximate surface area is 283 Å². The molecule has 1 aromatic heterocycles. The number of carboxylic acid groups (broad SMARTS) is 1. The van der Waals surface area contributed by atoms with E-state index in [1.54, 1.807) is 38.9 Å². The van der Waals surface area contributed by atoms with Crippen LogP contribution in [0.1, 0.15) is 76.6 Å². The van der Waals surface area contributed by atoms with Crippen molar-refractivity contribution in [2.24, 2.45) is 5.92 Å². The fourth-order valence-corrected chi connectivity index (χ4v) is 5.98. The number of likely N-dealkylation sites (N-methyl/N-ethyl adjacent to an activating group) is 1. The summed E-state index contributed by atoms with van der Waals surface area (Å²) in [6, 6.07) is 5.83. The average Bonchev–Trinajstić information content (AvgIpc) is 2.95. The number of aryl methyl sites for hydroxylation is 4. The molecule has 2 aromatic carbocycles. The normalized spacial score (nSPS) is 13.0. The van der Waals surface area contributed by atoms with Crippen LogP contribution in [-0.2, 0) is 22.3 Å². The maximum Gasteiger partial charge on any atom is 0.431 e. The van der Waals surface area contributed by atoms with Gasteiger partial charge in [-0.05, 0) is 106 Å². The number of rotatable bonds is 13. The van der Waals surface area contributed by atoms with Crippen LogP contribution in [0, 0.1) is 39.4 Å². The first kappa shape index (κ1) is 38.9. The lowest BCUT2D eigenvalue weighted by molar-refractivity contribution is -0.144. The molecule has 2 amide bonds.